The Hall–Kier alpha value is -7.19. The summed E-state index contributed by atoms with van der Waals surface area (Å²) >= 11 is 0. The number of para-hydroxylation sites is 2. The first kappa shape index (κ1) is 39.3. The van der Waals surface area contributed by atoms with E-state index in [1.54, 1.807) is 0 Å². The topological polar surface area (TPSA) is 52.9 Å². The molecule has 0 saturated carbocycles. The van der Waals surface area contributed by atoms with Crippen LogP contribution in [-0.4, -0.2) is 24.3 Å². The van der Waals surface area contributed by atoms with Gasteiger partial charge in [0.1, 0.15) is 11.5 Å². The van der Waals surface area contributed by atoms with E-state index in [1.165, 1.54) is 0 Å². The van der Waals surface area contributed by atoms with Gasteiger partial charge >= 0.3 is 21.1 Å². The number of benzene rings is 7. The number of aryl methyl sites for hydroxylation is 3. The Morgan fingerprint density at radius 2 is 1.20 bits per heavy atom. The van der Waals surface area contributed by atoms with Gasteiger partial charge in [-0.1, -0.05) is 133 Å². The van der Waals surface area contributed by atoms with E-state index in [-0.39, 0.29) is 21.1 Å². The van der Waals surface area contributed by atoms with Gasteiger partial charge in [0.05, 0.1) is 12.4 Å². The van der Waals surface area contributed by atoms with Gasteiger partial charge in [-0.2, -0.15) is 23.3 Å². The van der Waals surface area contributed by atoms with Gasteiger partial charge in [-0.05, 0) is 72.2 Å². The van der Waals surface area contributed by atoms with Crippen LogP contribution >= 0.6 is 0 Å². The molecule has 3 heterocycles. The first-order chi connectivity index (χ1) is 29.5. The third kappa shape index (κ3) is 6.50. The van der Waals surface area contributed by atoms with Crippen molar-refractivity contribution in [2.75, 3.05) is 0 Å². The summed E-state index contributed by atoms with van der Waals surface area (Å²) in [5, 5.41) is 12.0. The summed E-state index contributed by atoms with van der Waals surface area (Å²) in [6.07, 6.45) is 1.83. The molecule has 10 rings (SSSR count). The van der Waals surface area contributed by atoms with E-state index in [1.807, 2.05) is 60.8 Å². The molecule has 10 aromatic rings. The number of pyridine rings is 1. The summed E-state index contributed by atoms with van der Waals surface area (Å²) < 4.78 is 4.34. The second-order valence-electron chi connectivity index (χ2n) is 15.2. The van der Waals surface area contributed by atoms with Crippen LogP contribution < -0.4 is 0 Å². The van der Waals surface area contributed by atoms with Crippen LogP contribution in [0, 0.1) is 39.5 Å². The van der Waals surface area contributed by atoms with Crippen LogP contribution in [0.1, 0.15) is 38.9 Å². The number of nitrogens with zero attached hydrogens (tertiary/aromatic N) is 6. The van der Waals surface area contributed by atoms with Crippen LogP contribution in [0.4, 0.5) is 5.69 Å². The molecule has 294 valence electrons. The van der Waals surface area contributed by atoms with Gasteiger partial charge in [0.15, 0.2) is 5.82 Å². The second kappa shape index (κ2) is 16.1. The van der Waals surface area contributed by atoms with Gasteiger partial charge < -0.3 is 9.13 Å². The number of fused-ring (bicyclic) bond motifs is 3. The molecule has 3 aromatic heterocycles. The molecule has 6 nitrogen and oxygen atoms in total. The van der Waals surface area contributed by atoms with Crippen LogP contribution in [0.15, 0.2) is 176 Å². The van der Waals surface area contributed by atoms with Gasteiger partial charge in [0, 0.05) is 28.4 Å². The summed E-state index contributed by atoms with van der Waals surface area (Å²) in [5.41, 5.74) is 11.0. The third-order valence-electron chi connectivity index (χ3n) is 11.6. The molecule has 0 amide bonds. The molecule has 0 N–H and O–H groups in total. The standard InChI is InChI=1S/C54H38N6.Pt/c1-36-18-11-12-25-45(36)53-58-57-52(60(53)51-37(2)19-17-20-38(51)3)39-32-43(34-44(33-39)55-4)54(40-21-7-5-8-22-40,41-23-9-6-10-24-41)42-29-30-47-46-26-13-14-27-48(46)59(49(47)35-42)50-28-15-16-31-56-50;/h5-31,33-34H,1-3H3;/q-2;+2. The van der Waals surface area contributed by atoms with Crippen molar-refractivity contribution >= 4 is 27.5 Å². The number of aromatic nitrogens is 5. The predicted molar refractivity (Wildman–Crippen MR) is 241 cm³/mol. The van der Waals surface area contributed by atoms with Crippen molar-refractivity contribution in [1.29, 1.82) is 0 Å². The van der Waals surface area contributed by atoms with Crippen molar-refractivity contribution in [3.63, 3.8) is 0 Å². The molecule has 0 fully saturated rings. The molecule has 7 heteroatoms. The van der Waals surface area contributed by atoms with Gasteiger partial charge in [-0.15, -0.1) is 45.4 Å². The SMILES string of the molecule is [C-]#[N+]c1cc(-c2nnc(-c3ccccc3C)n2-c2c(C)cccc2C)[c-]c(C(c2[c-]c3c(cc2)c2ccccc2n3-c2ccccn2)(c2ccccc2)c2ccccc2)c1.[Pt+2]. The van der Waals surface area contributed by atoms with E-state index >= 15 is 0 Å². The second-order valence-corrected chi connectivity index (χ2v) is 15.2. The van der Waals surface area contributed by atoms with E-state index < -0.39 is 5.41 Å². The number of rotatable bonds is 8. The van der Waals surface area contributed by atoms with E-state index in [9.17, 15) is 0 Å². The molecule has 0 aliphatic heterocycles. The summed E-state index contributed by atoms with van der Waals surface area (Å²) in [5.74, 6) is 2.13. The van der Waals surface area contributed by atoms with E-state index in [0.29, 0.717) is 17.1 Å². The molecule has 7 aromatic carbocycles. The molecule has 0 radical (unpaired) electrons. The monoisotopic (exact) mass is 965 g/mol. The predicted octanol–water partition coefficient (Wildman–Crippen LogP) is 12.6. The minimum atomic E-state index is -0.986. The maximum Gasteiger partial charge on any atom is 2.00 e. The molecule has 0 aliphatic rings. The minimum Gasteiger partial charge on any atom is -0.319 e. The molecule has 0 spiro atoms. The fourth-order valence-electron chi connectivity index (χ4n) is 8.91. The van der Waals surface area contributed by atoms with Crippen molar-refractivity contribution in [3.05, 3.63) is 239 Å². The normalized spacial score (nSPS) is 11.4. The summed E-state index contributed by atoms with van der Waals surface area (Å²) in [6, 6.07) is 66.1. The zero-order chi connectivity index (χ0) is 40.8. The number of hydrogen-bond acceptors (Lipinski definition) is 3. The Kier molecular flexibility index (Phi) is 10.4. The van der Waals surface area contributed by atoms with Gasteiger partial charge in [0.25, 0.3) is 0 Å². The molecule has 0 aliphatic carbocycles. The minimum absolute atomic E-state index is 0. The Morgan fingerprint density at radius 3 is 1.89 bits per heavy atom. The fraction of sp³-hybridized carbons (Fsp3) is 0.0741. The molecule has 61 heavy (non-hydrogen) atoms. The first-order valence-corrected chi connectivity index (χ1v) is 20.0. The van der Waals surface area contributed by atoms with Crippen molar-refractivity contribution < 1.29 is 21.1 Å². The third-order valence-corrected chi connectivity index (χ3v) is 11.6. The zero-order valence-electron chi connectivity index (χ0n) is 33.7. The summed E-state index contributed by atoms with van der Waals surface area (Å²) in [4.78, 5) is 8.93. The van der Waals surface area contributed by atoms with Gasteiger partial charge in [-0.3, -0.25) is 4.85 Å². The van der Waals surface area contributed by atoms with Crippen molar-refractivity contribution in [2.45, 2.75) is 26.2 Å². The smallest absolute Gasteiger partial charge is 0.319 e. The largest absolute Gasteiger partial charge is 2.00 e. The average molecular weight is 966 g/mol. The van der Waals surface area contributed by atoms with Crippen molar-refractivity contribution in [3.8, 4) is 34.3 Å². The Morgan fingerprint density at radius 1 is 0.557 bits per heavy atom. The Bertz CT molecular complexity index is 3190. The molecule has 0 unspecified atom stereocenters. The van der Waals surface area contributed by atoms with Gasteiger partial charge in [-0.25, -0.2) is 4.98 Å². The summed E-state index contributed by atoms with van der Waals surface area (Å²) in [6.45, 7) is 14.8. The van der Waals surface area contributed by atoms with E-state index in [2.05, 4.69) is 162 Å². The maximum atomic E-state index is 8.52. The Labute approximate surface area is 369 Å². The molecular formula is C54H38N6Pt. The quantitative estimate of drug-likeness (QED) is 0.113. The fourth-order valence-corrected chi connectivity index (χ4v) is 8.91. The van der Waals surface area contributed by atoms with E-state index in [0.717, 1.165) is 83.6 Å². The number of hydrogen-bond donors (Lipinski definition) is 0. The van der Waals surface area contributed by atoms with Crippen LogP contribution in [0.25, 0.3) is 60.9 Å². The zero-order valence-corrected chi connectivity index (χ0v) is 36.0. The average Bonchev–Trinajstić information content (AvgIpc) is 3.87. The molecular weight excluding hydrogens is 928 g/mol. The molecule has 0 atom stereocenters. The van der Waals surface area contributed by atoms with Crippen molar-refractivity contribution in [1.82, 2.24) is 24.3 Å². The molecule has 0 saturated heterocycles. The maximum absolute atomic E-state index is 8.52. The van der Waals surface area contributed by atoms with E-state index in [4.69, 9.17) is 21.8 Å². The van der Waals surface area contributed by atoms with Crippen LogP contribution in [-0.2, 0) is 26.5 Å². The Balaban J connectivity index is 0.00000476. The van der Waals surface area contributed by atoms with Crippen LogP contribution in [0.3, 0.4) is 0 Å². The summed E-state index contributed by atoms with van der Waals surface area (Å²) in [7, 11) is 0. The van der Waals surface area contributed by atoms with Crippen molar-refractivity contribution in [2.24, 2.45) is 0 Å². The molecule has 0 bridgehead atoms. The van der Waals surface area contributed by atoms with Gasteiger partial charge in [0.2, 0.25) is 0 Å². The first-order valence-electron chi connectivity index (χ1n) is 20.0. The van der Waals surface area contributed by atoms with Crippen LogP contribution in [0.2, 0.25) is 0 Å². The van der Waals surface area contributed by atoms with Crippen LogP contribution in [0.5, 0.6) is 0 Å².